The molecule has 0 bridgehead atoms. The fourth-order valence-corrected chi connectivity index (χ4v) is 2.35. The van der Waals surface area contributed by atoms with Gasteiger partial charge in [-0.05, 0) is 44.7 Å². The number of carbonyl (C=O) groups is 1. The Morgan fingerprint density at radius 1 is 1.35 bits per heavy atom. The van der Waals surface area contributed by atoms with Crippen LogP contribution in [0, 0.1) is 5.92 Å². The predicted octanol–water partition coefficient (Wildman–Crippen LogP) is 3.12. The lowest BCUT2D eigenvalue weighted by Crippen LogP contribution is -2.11. The molecule has 1 rings (SSSR count). The minimum absolute atomic E-state index is 0.287. The summed E-state index contributed by atoms with van der Waals surface area (Å²) in [4.78, 5) is 12.0. The number of nitrogens with two attached hydrogens (primary N) is 1. The fraction of sp³-hybridized carbons (Fsp3) is 0.750. The Morgan fingerprint density at radius 2 is 2.10 bits per heavy atom. The average molecular weight is 279 g/mol. The second-order valence-electron chi connectivity index (χ2n) is 5.65. The second-order valence-corrected chi connectivity index (χ2v) is 5.65. The van der Waals surface area contributed by atoms with Crippen molar-refractivity contribution in [1.82, 2.24) is 9.78 Å². The van der Waals surface area contributed by atoms with Gasteiger partial charge in [-0.2, -0.15) is 5.10 Å². The number of nitrogens with zero attached hydrogens (tertiary/aromatic N) is 2. The standard InChI is InChI=1S/C16H29N3O/c1-4-13(3)19-11-9-15(18-19)12-16(20)7-6-14(5-2)8-10-17/h9,11,13-14H,4-8,10,12,17H2,1-3H3. The zero-order valence-electron chi connectivity index (χ0n) is 13.1. The topological polar surface area (TPSA) is 60.9 Å². The third-order valence-electron chi connectivity index (χ3n) is 4.07. The van der Waals surface area contributed by atoms with E-state index in [0.717, 1.165) is 31.4 Å². The van der Waals surface area contributed by atoms with E-state index in [1.807, 2.05) is 16.9 Å². The molecule has 0 saturated heterocycles. The summed E-state index contributed by atoms with van der Waals surface area (Å²) in [5.41, 5.74) is 6.47. The van der Waals surface area contributed by atoms with Crippen molar-refractivity contribution in [3.8, 4) is 0 Å². The molecular formula is C16H29N3O. The molecular weight excluding hydrogens is 250 g/mol. The van der Waals surface area contributed by atoms with Crippen molar-refractivity contribution in [3.05, 3.63) is 18.0 Å². The fourth-order valence-electron chi connectivity index (χ4n) is 2.35. The molecule has 2 atom stereocenters. The van der Waals surface area contributed by atoms with Crippen molar-refractivity contribution in [2.45, 2.75) is 65.3 Å². The predicted molar refractivity (Wildman–Crippen MR) is 82.6 cm³/mol. The summed E-state index contributed by atoms with van der Waals surface area (Å²) in [5, 5.41) is 4.48. The summed E-state index contributed by atoms with van der Waals surface area (Å²) in [6.45, 7) is 7.15. The van der Waals surface area contributed by atoms with E-state index < -0.39 is 0 Å². The van der Waals surface area contributed by atoms with Crippen LogP contribution in [0.25, 0.3) is 0 Å². The van der Waals surface area contributed by atoms with Crippen LogP contribution in [-0.2, 0) is 11.2 Å². The maximum absolute atomic E-state index is 12.0. The number of hydrogen-bond acceptors (Lipinski definition) is 3. The summed E-state index contributed by atoms with van der Waals surface area (Å²) < 4.78 is 1.95. The molecule has 0 amide bonds. The van der Waals surface area contributed by atoms with Crippen LogP contribution in [0.3, 0.4) is 0 Å². The van der Waals surface area contributed by atoms with Gasteiger partial charge >= 0.3 is 0 Å². The van der Waals surface area contributed by atoms with Crippen molar-refractivity contribution in [1.29, 1.82) is 0 Å². The molecule has 4 nitrogen and oxygen atoms in total. The first kappa shape index (κ1) is 16.9. The Balaban J connectivity index is 2.40. The van der Waals surface area contributed by atoms with E-state index >= 15 is 0 Å². The second kappa shape index (κ2) is 8.90. The third kappa shape index (κ3) is 5.45. The molecule has 1 aromatic rings. The Hall–Kier alpha value is -1.16. The number of Topliss-reactive ketones (excluding diaryl/α,β-unsaturated/α-hetero) is 1. The van der Waals surface area contributed by atoms with Crippen LogP contribution in [-0.4, -0.2) is 22.1 Å². The zero-order valence-corrected chi connectivity index (χ0v) is 13.1. The molecule has 0 saturated carbocycles. The first-order chi connectivity index (χ1) is 9.60. The van der Waals surface area contributed by atoms with Crippen molar-refractivity contribution < 1.29 is 4.79 Å². The summed E-state index contributed by atoms with van der Waals surface area (Å²) in [7, 11) is 0. The summed E-state index contributed by atoms with van der Waals surface area (Å²) in [5.74, 6) is 0.872. The quantitative estimate of drug-likeness (QED) is 0.716. The number of aromatic nitrogens is 2. The van der Waals surface area contributed by atoms with E-state index in [4.69, 9.17) is 5.73 Å². The monoisotopic (exact) mass is 279 g/mol. The molecule has 20 heavy (non-hydrogen) atoms. The van der Waals surface area contributed by atoms with Gasteiger partial charge in [-0.1, -0.05) is 20.3 Å². The highest BCUT2D eigenvalue weighted by Crippen LogP contribution is 2.16. The molecule has 2 unspecified atom stereocenters. The lowest BCUT2D eigenvalue weighted by atomic mass is 9.95. The van der Waals surface area contributed by atoms with Gasteiger partial charge in [0, 0.05) is 18.7 Å². The van der Waals surface area contributed by atoms with E-state index in [2.05, 4.69) is 25.9 Å². The SMILES string of the molecule is CCC(CCN)CCC(=O)Cc1ccn(C(C)CC)n1. The Labute approximate surface area is 122 Å². The van der Waals surface area contributed by atoms with Gasteiger partial charge in [0.05, 0.1) is 12.1 Å². The van der Waals surface area contributed by atoms with Crippen LogP contribution in [0.15, 0.2) is 12.3 Å². The van der Waals surface area contributed by atoms with E-state index in [0.29, 0.717) is 31.3 Å². The molecule has 0 aliphatic rings. The van der Waals surface area contributed by atoms with Gasteiger partial charge < -0.3 is 5.73 Å². The molecule has 4 heteroatoms. The molecule has 0 radical (unpaired) electrons. The van der Waals surface area contributed by atoms with Gasteiger partial charge in [0.2, 0.25) is 0 Å². The zero-order chi connectivity index (χ0) is 15.0. The van der Waals surface area contributed by atoms with Gasteiger partial charge in [0.15, 0.2) is 0 Å². The number of carbonyl (C=O) groups excluding carboxylic acids is 1. The molecule has 1 heterocycles. The van der Waals surface area contributed by atoms with Crippen molar-refractivity contribution in [3.63, 3.8) is 0 Å². The van der Waals surface area contributed by atoms with Crippen LogP contribution >= 0.6 is 0 Å². The molecule has 0 aliphatic carbocycles. The van der Waals surface area contributed by atoms with Crippen LogP contribution < -0.4 is 5.73 Å². The molecule has 114 valence electrons. The van der Waals surface area contributed by atoms with Gasteiger partial charge in [-0.3, -0.25) is 9.48 Å². The minimum Gasteiger partial charge on any atom is -0.330 e. The molecule has 0 aromatic carbocycles. The summed E-state index contributed by atoms with van der Waals surface area (Å²) in [6.07, 6.45) is 7.21. The molecule has 1 aromatic heterocycles. The van der Waals surface area contributed by atoms with Crippen LogP contribution in [0.1, 0.15) is 64.6 Å². The van der Waals surface area contributed by atoms with Crippen molar-refractivity contribution in [2.75, 3.05) is 6.54 Å². The van der Waals surface area contributed by atoms with Gasteiger partial charge in [0.25, 0.3) is 0 Å². The molecule has 2 N–H and O–H groups in total. The molecule has 0 spiro atoms. The maximum Gasteiger partial charge on any atom is 0.138 e. The van der Waals surface area contributed by atoms with E-state index in [1.165, 1.54) is 0 Å². The van der Waals surface area contributed by atoms with Crippen molar-refractivity contribution in [2.24, 2.45) is 11.7 Å². The smallest absolute Gasteiger partial charge is 0.138 e. The van der Waals surface area contributed by atoms with Gasteiger partial charge in [-0.25, -0.2) is 0 Å². The van der Waals surface area contributed by atoms with Crippen LogP contribution in [0.2, 0.25) is 0 Å². The highest BCUT2D eigenvalue weighted by Gasteiger charge is 2.12. The Bertz CT molecular complexity index is 400. The highest BCUT2D eigenvalue weighted by molar-refractivity contribution is 5.80. The van der Waals surface area contributed by atoms with E-state index in [1.54, 1.807) is 0 Å². The number of ketones is 1. The minimum atomic E-state index is 0.287. The van der Waals surface area contributed by atoms with Gasteiger partial charge in [0.1, 0.15) is 5.78 Å². The van der Waals surface area contributed by atoms with Gasteiger partial charge in [-0.15, -0.1) is 0 Å². The summed E-state index contributed by atoms with van der Waals surface area (Å²) >= 11 is 0. The molecule has 0 fully saturated rings. The lowest BCUT2D eigenvalue weighted by Gasteiger charge is -2.12. The third-order valence-corrected chi connectivity index (χ3v) is 4.07. The largest absolute Gasteiger partial charge is 0.330 e. The Morgan fingerprint density at radius 3 is 2.70 bits per heavy atom. The van der Waals surface area contributed by atoms with Crippen LogP contribution in [0.4, 0.5) is 0 Å². The first-order valence-corrected chi connectivity index (χ1v) is 7.86. The normalized spacial score (nSPS) is 14.2. The highest BCUT2D eigenvalue weighted by atomic mass is 16.1. The van der Waals surface area contributed by atoms with Crippen molar-refractivity contribution >= 4 is 5.78 Å². The number of hydrogen-bond donors (Lipinski definition) is 1. The lowest BCUT2D eigenvalue weighted by molar-refractivity contribution is -0.118. The average Bonchev–Trinajstić information content (AvgIpc) is 2.90. The Kier molecular flexibility index (Phi) is 7.52. The molecule has 0 aliphatic heterocycles. The van der Waals surface area contributed by atoms with E-state index in [-0.39, 0.29) is 5.78 Å². The first-order valence-electron chi connectivity index (χ1n) is 7.86. The van der Waals surface area contributed by atoms with E-state index in [9.17, 15) is 4.79 Å². The number of rotatable bonds is 10. The summed E-state index contributed by atoms with van der Waals surface area (Å²) in [6, 6.07) is 2.36. The maximum atomic E-state index is 12.0. The van der Waals surface area contributed by atoms with Crippen LogP contribution in [0.5, 0.6) is 0 Å².